The summed E-state index contributed by atoms with van der Waals surface area (Å²) >= 11 is 0. The zero-order valence-corrected chi connectivity index (χ0v) is 14.1. The first-order valence-electron chi connectivity index (χ1n) is 7.67. The number of hydrogen-bond donors (Lipinski definition) is 1. The van der Waals surface area contributed by atoms with E-state index in [2.05, 4.69) is 0 Å². The summed E-state index contributed by atoms with van der Waals surface area (Å²) in [6.45, 7) is 0. The highest BCUT2D eigenvalue weighted by Crippen LogP contribution is 2.56. The number of nitro groups is 1. The van der Waals surface area contributed by atoms with Crippen molar-refractivity contribution in [1.29, 1.82) is 0 Å². The molecule has 0 aliphatic carbocycles. The monoisotopic (exact) mass is 353 g/mol. The van der Waals surface area contributed by atoms with Crippen molar-refractivity contribution in [3.8, 4) is 0 Å². The quantitative estimate of drug-likeness (QED) is 0.432. The van der Waals surface area contributed by atoms with E-state index >= 15 is 0 Å². The fraction of sp³-hybridized carbons (Fsp3) is 0.0526. The second-order valence-electron chi connectivity index (χ2n) is 5.52. The third kappa shape index (κ3) is 3.12. The molecule has 0 saturated heterocycles. The van der Waals surface area contributed by atoms with Crippen molar-refractivity contribution in [3.05, 3.63) is 101 Å². The van der Waals surface area contributed by atoms with Crippen LogP contribution in [-0.2, 0) is 4.57 Å². The predicted octanol–water partition coefficient (Wildman–Crippen LogP) is 3.60. The molecular formula is C19H16NO4P. The lowest BCUT2D eigenvalue weighted by atomic mass is 10.2. The summed E-state index contributed by atoms with van der Waals surface area (Å²) in [6, 6.07) is 23.1. The molecule has 0 heterocycles. The Hall–Kier alpha value is -2.75. The van der Waals surface area contributed by atoms with E-state index in [0.29, 0.717) is 10.6 Å². The first-order valence-corrected chi connectivity index (χ1v) is 9.45. The van der Waals surface area contributed by atoms with Crippen molar-refractivity contribution in [2.45, 2.75) is 5.85 Å². The molecule has 0 fully saturated rings. The van der Waals surface area contributed by atoms with Crippen LogP contribution in [0.5, 0.6) is 0 Å². The van der Waals surface area contributed by atoms with Crippen LogP contribution in [0.4, 0.5) is 5.69 Å². The maximum Gasteiger partial charge on any atom is 0.275 e. The van der Waals surface area contributed by atoms with Gasteiger partial charge in [-0.3, -0.25) is 10.1 Å². The Balaban J connectivity index is 2.24. The third-order valence-corrected chi connectivity index (χ3v) is 7.13. The molecule has 3 rings (SSSR count). The highest BCUT2D eigenvalue weighted by Gasteiger charge is 2.39. The van der Waals surface area contributed by atoms with Crippen LogP contribution >= 0.6 is 7.14 Å². The second kappa shape index (κ2) is 7.01. The molecule has 0 unspecified atom stereocenters. The van der Waals surface area contributed by atoms with Gasteiger partial charge in [0.2, 0.25) is 0 Å². The van der Waals surface area contributed by atoms with Crippen LogP contribution in [0.3, 0.4) is 0 Å². The van der Waals surface area contributed by atoms with Crippen molar-refractivity contribution in [3.63, 3.8) is 0 Å². The molecule has 3 aromatic carbocycles. The first kappa shape index (κ1) is 17.1. The molecule has 1 atom stereocenters. The van der Waals surface area contributed by atoms with E-state index in [9.17, 15) is 19.8 Å². The topological polar surface area (TPSA) is 80.4 Å². The van der Waals surface area contributed by atoms with Gasteiger partial charge >= 0.3 is 0 Å². The van der Waals surface area contributed by atoms with Gasteiger partial charge in [-0.25, -0.2) is 0 Å². The van der Waals surface area contributed by atoms with Crippen LogP contribution in [0.15, 0.2) is 84.9 Å². The summed E-state index contributed by atoms with van der Waals surface area (Å²) in [7, 11) is -3.55. The molecule has 0 aromatic heterocycles. The Morgan fingerprint density at radius 3 is 1.72 bits per heavy atom. The number of para-hydroxylation sites is 1. The smallest absolute Gasteiger partial charge is 0.275 e. The van der Waals surface area contributed by atoms with Crippen LogP contribution < -0.4 is 10.6 Å². The number of rotatable bonds is 5. The Labute approximate surface area is 145 Å². The van der Waals surface area contributed by atoms with E-state index in [0.717, 1.165) is 0 Å². The van der Waals surface area contributed by atoms with Crippen LogP contribution in [-0.4, -0.2) is 10.0 Å². The summed E-state index contributed by atoms with van der Waals surface area (Å²) in [5, 5.41) is 23.2. The zero-order chi connectivity index (χ0) is 17.9. The number of nitrogens with zero attached hydrogens (tertiary/aromatic N) is 1. The Kier molecular flexibility index (Phi) is 4.79. The highest BCUT2D eigenvalue weighted by molar-refractivity contribution is 7.78. The van der Waals surface area contributed by atoms with Crippen molar-refractivity contribution < 1.29 is 14.6 Å². The fourth-order valence-electron chi connectivity index (χ4n) is 2.80. The Morgan fingerprint density at radius 1 is 0.800 bits per heavy atom. The van der Waals surface area contributed by atoms with Crippen molar-refractivity contribution >= 4 is 23.4 Å². The number of nitro benzene ring substituents is 1. The van der Waals surface area contributed by atoms with Gasteiger partial charge in [-0.2, -0.15) is 0 Å². The fourth-order valence-corrected chi connectivity index (χ4v) is 5.50. The van der Waals surface area contributed by atoms with E-state index in [4.69, 9.17) is 0 Å². The van der Waals surface area contributed by atoms with E-state index in [1.807, 2.05) is 0 Å². The van der Waals surface area contributed by atoms with Crippen molar-refractivity contribution in [1.82, 2.24) is 0 Å². The summed E-state index contributed by atoms with van der Waals surface area (Å²) in [5.41, 5.74) is -0.203. The normalized spacial score (nSPS) is 12.5. The van der Waals surface area contributed by atoms with Gasteiger partial charge < -0.3 is 9.67 Å². The lowest BCUT2D eigenvalue weighted by molar-refractivity contribution is -0.385. The lowest BCUT2D eigenvalue weighted by Crippen LogP contribution is -2.21. The predicted molar refractivity (Wildman–Crippen MR) is 97.8 cm³/mol. The van der Waals surface area contributed by atoms with E-state index in [-0.39, 0.29) is 11.3 Å². The maximum absolute atomic E-state index is 14.0. The van der Waals surface area contributed by atoms with Crippen LogP contribution in [0.1, 0.15) is 11.4 Å². The van der Waals surface area contributed by atoms with Gasteiger partial charge in [0.15, 0.2) is 7.14 Å². The van der Waals surface area contributed by atoms with Crippen molar-refractivity contribution in [2.24, 2.45) is 0 Å². The zero-order valence-electron chi connectivity index (χ0n) is 13.2. The SMILES string of the molecule is O=[N+]([O-])c1ccccc1[C@@H](O)P(=O)(c1ccccc1)c1ccccc1. The van der Waals surface area contributed by atoms with Crippen LogP contribution in [0, 0.1) is 10.1 Å². The molecule has 25 heavy (non-hydrogen) atoms. The van der Waals surface area contributed by atoms with Gasteiger partial charge in [0.25, 0.3) is 5.69 Å². The molecule has 0 spiro atoms. The molecule has 126 valence electrons. The Bertz CT molecular complexity index is 885. The first-order chi connectivity index (χ1) is 12.0. The van der Waals surface area contributed by atoms with Crippen LogP contribution in [0.2, 0.25) is 0 Å². The number of benzene rings is 3. The molecule has 0 amide bonds. The summed E-state index contributed by atoms with van der Waals surface area (Å²) in [4.78, 5) is 10.8. The largest absolute Gasteiger partial charge is 0.380 e. The minimum absolute atomic E-state index is 0.0449. The number of aliphatic hydroxyl groups excluding tert-OH is 1. The molecule has 0 radical (unpaired) electrons. The standard InChI is InChI=1S/C19H16NO4P/c21-19(17-13-7-8-14-18(17)20(22)23)25(24,15-9-3-1-4-10-15)16-11-5-2-6-12-16/h1-14,19,21H/t19-/m0/s1. The number of aliphatic hydroxyl groups is 1. The molecule has 0 aliphatic heterocycles. The molecule has 3 aromatic rings. The van der Waals surface area contributed by atoms with Gasteiger partial charge in [0.1, 0.15) is 5.85 Å². The minimum atomic E-state index is -3.55. The molecule has 5 nitrogen and oxygen atoms in total. The molecule has 0 aliphatic rings. The van der Waals surface area contributed by atoms with Gasteiger partial charge in [0, 0.05) is 16.7 Å². The number of hydrogen-bond acceptors (Lipinski definition) is 4. The van der Waals surface area contributed by atoms with Gasteiger partial charge in [-0.1, -0.05) is 72.8 Å². The Morgan fingerprint density at radius 2 is 1.24 bits per heavy atom. The minimum Gasteiger partial charge on any atom is -0.380 e. The average molecular weight is 353 g/mol. The van der Waals surface area contributed by atoms with Crippen molar-refractivity contribution in [2.75, 3.05) is 0 Å². The van der Waals surface area contributed by atoms with E-state index in [1.54, 1.807) is 66.7 Å². The van der Waals surface area contributed by atoms with E-state index < -0.39 is 17.9 Å². The van der Waals surface area contributed by atoms with Crippen LogP contribution in [0.25, 0.3) is 0 Å². The van der Waals surface area contributed by atoms with Gasteiger partial charge in [-0.15, -0.1) is 0 Å². The summed E-state index contributed by atoms with van der Waals surface area (Å²) in [5.74, 6) is -1.51. The van der Waals surface area contributed by atoms with Gasteiger partial charge in [0.05, 0.1) is 10.5 Å². The average Bonchev–Trinajstić information content (AvgIpc) is 2.68. The molecule has 0 bridgehead atoms. The lowest BCUT2D eigenvalue weighted by Gasteiger charge is -2.25. The maximum atomic E-state index is 14.0. The van der Waals surface area contributed by atoms with E-state index in [1.165, 1.54) is 18.2 Å². The summed E-state index contributed by atoms with van der Waals surface area (Å²) < 4.78 is 14.0. The molecule has 1 N–H and O–H groups in total. The second-order valence-corrected chi connectivity index (χ2v) is 8.36. The molecular weight excluding hydrogens is 337 g/mol. The molecule has 6 heteroatoms. The highest BCUT2D eigenvalue weighted by atomic mass is 31.2. The van der Waals surface area contributed by atoms with Gasteiger partial charge in [-0.05, 0) is 6.07 Å². The molecule has 0 saturated carbocycles. The third-order valence-electron chi connectivity index (χ3n) is 4.04. The summed E-state index contributed by atoms with van der Waals surface area (Å²) in [6.07, 6.45) is 0.